The Hall–Kier alpha value is -1.88. The molecule has 3 saturated heterocycles. The summed E-state index contributed by atoms with van der Waals surface area (Å²) in [6.45, 7) is 3.39. The number of H-pyrrole nitrogens is 1. The van der Waals surface area contributed by atoms with Crippen LogP contribution in [0.5, 0.6) is 0 Å². The van der Waals surface area contributed by atoms with Crippen LogP contribution in [0, 0.1) is 5.92 Å². The summed E-state index contributed by atoms with van der Waals surface area (Å²) >= 11 is 0. The number of fused-ring (bicyclic) bond motifs is 4. The quantitative estimate of drug-likeness (QED) is 0.867. The van der Waals surface area contributed by atoms with E-state index in [1.807, 2.05) is 18.2 Å². The van der Waals surface area contributed by atoms with Gasteiger partial charge in [0.15, 0.2) is 0 Å². The molecule has 5 heteroatoms. The molecule has 5 rings (SSSR count). The van der Waals surface area contributed by atoms with Crippen LogP contribution in [0.2, 0.25) is 0 Å². The average Bonchev–Trinajstić information content (AvgIpc) is 2.96. The molecule has 3 aliphatic rings. The van der Waals surface area contributed by atoms with Crippen LogP contribution in [0.1, 0.15) is 23.2 Å². The number of piperidine rings is 3. The molecule has 3 aliphatic heterocycles. The van der Waals surface area contributed by atoms with Crippen molar-refractivity contribution >= 4 is 16.8 Å². The predicted molar refractivity (Wildman–Crippen MR) is 76.5 cm³/mol. The number of nitrogens with zero attached hydrogens (tertiary/aromatic N) is 2. The van der Waals surface area contributed by atoms with E-state index in [1.54, 1.807) is 6.20 Å². The number of amides is 1. The van der Waals surface area contributed by atoms with Crippen LogP contribution in [0.3, 0.4) is 0 Å². The molecule has 2 bridgehead atoms. The molecule has 20 heavy (non-hydrogen) atoms. The number of aromatic nitrogens is 2. The highest BCUT2D eigenvalue weighted by Gasteiger charge is 2.34. The minimum absolute atomic E-state index is 0.0280. The van der Waals surface area contributed by atoms with E-state index in [0.717, 1.165) is 17.4 Å². The predicted octanol–water partition coefficient (Wildman–Crippen LogP) is 1.39. The summed E-state index contributed by atoms with van der Waals surface area (Å²) in [4.78, 5) is 14.8. The van der Waals surface area contributed by atoms with E-state index in [4.69, 9.17) is 0 Å². The Labute approximate surface area is 117 Å². The number of hydrogen-bond donors (Lipinski definition) is 2. The maximum absolute atomic E-state index is 12.4. The minimum Gasteiger partial charge on any atom is -0.348 e. The van der Waals surface area contributed by atoms with Crippen molar-refractivity contribution < 1.29 is 4.79 Å². The molecule has 3 fully saturated rings. The highest BCUT2D eigenvalue weighted by atomic mass is 16.1. The van der Waals surface area contributed by atoms with Gasteiger partial charge in [0.1, 0.15) is 0 Å². The van der Waals surface area contributed by atoms with Gasteiger partial charge in [-0.15, -0.1) is 0 Å². The highest BCUT2D eigenvalue weighted by molar-refractivity contribution is 5.97. The molecule has 0 radical (unpaired) electrons. The zero-order valence-corrected chi connectivity index (χ0v) is 11.3. The fourth-order valence-corrected chi connectivity index (χ4v) is 3.46. The van der Waals surface area contributed by atoms with Gasteiger partial charge >= 0.3 is 0 Å². The van der Waals surface area contributed by atoms with Crippen LogP contribution in [0.25, 0.3) is 10.9 Å². The first-order valence-electron chi connectivity index (χ1n) is 7.26. The number of nitrogens with one attached hydrogen (secondary N) is 2. The van der Waals surface area contributed by atoms with Crippen molar-refractivity contribution in [3.05, 3.63) is 30.0 Å². The summed E-state index contributed by atoms with van der Waals surface area (Å²) in [6.07, 6.45) is 4.19. The van der Waals surface area contributed by atoms with Crippen molar-refractivity contribution in [3.63, 3.8) is 0 Å². The lowest BCUT2D eigenvalue weighted by Gasteiger charge is -2.44. The summed E-state index contributed by atoms with van der Waals surface area (Å²) in [5, 5.41) is 11.1. The molecule has 2 N–H and O–H groups in total. The highest BCUT2D eigenvalue weighted by Crippen LogP contribution is 2.27. The number of carbonyl (C=O) groups is 1. The first-order valence-corrected chi connectivity index (χ1v) is 7.26. The normalized spacial score (nSPS) is 28.7. The van der Waals surface area contributed by atoms with E-state index in [1.165, 1.54) is 25.9 Å². The van der Waals surface area contributed by atoms with Crippen molar-refractivity contribution in [2.75, 3.05) is 19.6 Å². The Morgan fingerprint density at radius 3 is 2.95 bits per heavy atom. The van der Waals surface area contributed by atoms with Crippen LogP contribution >= 0.6 is 0 Å². The third kappa shape index (κ3) is 1.98. The fourth-order valence-electron chi connectivity index (χ4n) is 3.46. The lowest BCUT2D eigenvalue weighted by molar-refractivity contribution is 0.0620. The molecule has 0 saturated carbocycles. The lowest BCUT2D eigenvalue weighted by atomic mass is 9.84. The largest absolute Gasteiger partial charge is 0.348 e. The van der Waals surface area contributed by atoms with Crippen molar-refractivity contribution in [1.82, 2.24) is 20.4 Å². The Morgan fingerprint density at radius 1 is 1.35 bits per heavy atom. The van der Waals surface area contributed by atoms with Gasteiger partial charge in [0.05, 0.1) is 11.7 Å². The number of aromatic amines is 1. The van der Waals surface area contributed by atoms with Crippen molar-refractivity contribution in [2.24, 2.45) is 5.92 Å². The molecule has 0 spiro atoms. The molecule has 2 aromatic rings. The Kier molecular flexibility index (Phi) is 2.73. The second kappa shape index (κ2) is 4.59. The lowest BCUT2D eigenvalue weighted by Crippen LogP contribution is -2.57. The van der Waals surface area contributed by atoms with E-state index in [9.17, 15) is 4.79 Å². The molecule has 1 amide bonds. The van der Waals surface area contributed by atoms with Gasteiger partial charge in [-0.1, -0.05) is 6.07 Å². The SMILES string of the molecule is O=C(N[C@H]1CN2CCC1CC2)c1ccc2cn[nH]c2c1. The summed E-state index contributed by atoms with van der Waals surface area (Å²) < 4.78 is 0. The molecule has 1 aromatic heterocycles. The van der Waals surface area contributed by atoms with Crippen LogP contribution < -0.4 is 5.32 Å². The first kappa shape index (κ1) is 11.9. The molecule has 5 nitrogen and oxygen atoms in total. The van der Waals surface area contributed by atoms with E-state index in [2.05, 4.69) is 20.4 Å². The molecular formula is C15H18N4O. The van der Waals surface area contributed by atoms with Gasteiger partial charge in [-0.05, 0) is 44.0 Å². The topological polar surface area (TPSA) is 61.0 Å². The van der Waals surface area contributed by atoms with Gasteiger partial charge in [-0.3, -0.25) is 9.89 Å². The summed E-state index contributed by atoms with van der Waals surface area (Å²) in [5.41, 5.74) is 1.62. The van der Waals surface area contributed by atoms with Crippen LogP contribution in [0.15, 0.2) is 24.4 Å². The third-order valence-electron chi connectivity index (χ3n) is 4.68. The number of hydrogen-bond acceptors (Lipinski definition) is 3. The molecule has 0 aliphatic carbocycles. The zero-order valence-electron chi connectivity index (χ0n) is 11.3. The Bertz CT molecular complexity index is 642. The van der Waals surface area contributed by atoms with E-state index >= 15 is 0 Å². The molecule has 0 unspecified atom stereocenters. The third-order valence-corrected chi connectivity index (χ3v) is 4.68. The summed E-state index contributed by atoms with van der Waals surface area (Å²) in [6, 6.07) is 5.99. The van der Waals surface area contributed by atoms with Gasteiger partial charge in [-0.2, -0.15) is 5.10 Å². The smallest absolute Gasteiger partial charge is 0.251 e. The van der Waals surface area contributed by atoms with Gasteiger partial charge < -0.3 is 10.2 Å². The van der Waals surface area contributed by atoms with Crippen LogP contribution in [-0.4, -0.2) is 46.7 Å². The first-order chi connectivity index (χ1) is 9.79. The molecule has 1 aromatic carbocycles. The number of benzene rings is 1. The Balaban J connectivity index is 1.52. The van der Waals surface area contributed by atoms with E-state index < -0.39 is 0 Å². The number of rotatable bonds is 2. The van der Waals surface area contributed by atoms with Gasteiger partial charge in [0.25, 0.3) is 5.91 Å². The maximum atomic E-state index is 12.4. The minimum atomic E-state index is 0.0280. The fraction of sp³-hybridized carbons (Fsp3) is 0.467. The zero-order chi connectivity index (χ0) is 13.5. The van der Waals surface area contributed by atoms with E-state index in [-0.39, 0.29) is 5.91 Å². The van der Waals surface area contributed by atoms with Gasteiger partial charge in [0.2, 0.25) is 0 Å². The van der Waals surface area contributed by atoms with Crippen molar-refractivity contribution in [2.45, 2.75) is 18.9 Å². The van der Waals surface area contributed by atoms with Crippen LogP contribution in [0.4, 0.5) is 0 Å². The van der Waals surface area contributed by atoms with Crippen LogP contribution in [-0.2, 0) is 0 Å². The average molecular weight is 270 g/mol. The molecular weight excluding hydrogens is 252 g/mol. The summed E-state index contributed by atoms with van der Waals surface area (Å²) in [7, 11) is 0. The standard InChI is InChI=1S/C15H18N4O/c20-15(11-1-2-12-8-16-18-13(12)7-11)17-14-9-19-5-3-10(14)4-6-19/h1-2,7-8,10,14H,3-6,9H2,(H,16,18)(H,17,20)/t14-/m0/s1. The molecule has 104 valence electrons. The second-order valence-corrected chi connectivity index (χ2v) is 5.89. The second-order valence-electron chi connectivity index (χ2n) is 5.89. The van der Waals surface area contributed by atoms with Crippen molar-refractivity contribution in [3.8, 4) is 0 Å². The Morgan fingerprint density at radius 2 is 2.20 bits per heavy atom. The maximum Gasteiger partial charge on any atom is 0.251 e. The monoisotopic (exact) mass is 270 g/mol. The van der Waals surface area contributed by atoms with Gasteiger partial charge in [-0.25, -0.2) is 0 Å². The molecule has 1 atom stereocenters. The van der Waals surface area contributed by atoms with Gasteiger partial charge in [0, 0.05) is 23.5 Å². The number of carbonyl (C=O) groups excluding carboxylic acids is 1. The summed E-state index contributed by atoms with van der Waals surface area (Å²) in [5.74, 6) is 0.681. The molecule has 4 heterocycles. The van der Waals surface area contributed by atoms with Crippen molar-refractivity contribution in [1.29, 1.82) is 0 Å². The van der Waals surface area contributed by atoms with E-state index in [0.29, 0.717) is 17.5 Å².